The van der Waals surface area contributed by atoms with E-state index in [4.69, 9.17) is 5.73 Å². The van der Waals surface area contributed by atoms with Crippen LogP contribution in [0.4, 0.5) is 0 Å². The third-order valence-corrected chi connectivity index (χ3v) is 5.98. The molecule has 1 atom stereocenters. The number of nitrogens with two attached hydrogens (primary N) is 1. The first kappa shape index (κ1) is 17.9. The van der Waals surface area contributed by atoms with E-state index in [0.29, 0.717) is 30.5 Å². The zero-order chi connectivity index (χ0) is 19.0. The summed E-state index contributed by atoms with van der Waals surface area (Å²) >= 11 is 0. The quantitative estimate of drug-likeness (QED) is 0.799. The summed E-state index contributed by atoms with van der Waals surface area (Å²) in [5.41, 5.74) is 8.64. The molecule has 142 valence electrons. The van der Waals surface area contributed by atoms with Gasteiger partial charge in [-0.25, -0.2) is 0 Å². The molecule has 2 fully saturated rings. The van der Waals surface area contributed by atoms with Crippen molar-refractivity contribution in [2.45, 2.75) is 57.2 Å². The number of rotatable bonds is 3. The highest BCUT2D eigenvalue weighted by Gasteiger charge is 2.39. The SMILES string of the molecule is N[C@H]1CC[C@H](/C=C\c2cccc3c2CN(C2CCC(=O)NC2=O)C3=O)CC1. The van der Waals surface area contributed by atoms with E-state index in [1.54, 1.807) is 4.90 Å². The Morgan fingerprint density at radius 2 is 1.85 bits per heavy atom. The summed E-state index contributed by atoms with van der Waals surface area (Å²) in [5, 5.41) is 2.34. The zero-order valence-electron chi connectivity index (χ0n) is 15.3. The van der Waals surface area contributed by atoms with E-state index in [1.165, 1.54) is 0 Å². The Balaban J connectivity index is 1.52. The van der Waals surface area contributed by atoms with Crippen LogP contribution >= 0.6 is 0 Å². The minimum atomic E-state index is -0.570. The first-order valence-electron chi connectivity index (χ1n) is 9.73. The van der Waals surface area contributed by atoms with E-state index in [0.717, 1.165) is 36.8 Å². The van der Waals surface area contributed by atoms with E-state index in [2.05, 4.69) is 17.5 Å². The lowest BCUT2D eigenvalue weighted by molar-refractivity contribution is -0.136. The van der Waals surface area contributed by atoms with E-state index in [1.807, 2.05) is 18.2 Å². The van der Waals surface area contributed by atoms with E-state index in [-0.39, 0.29) is 24.1 Å². The molecule has 4 rings (SSSR count). The number of hydrogen-bond donors (Lipinski definition) is 2. The Morgan fingerprint density at radius 3 is 2.59 bits per heavy atom. The number of carbonyl (C=O) groups is 3. The topological polar surface area (TPSA) is 92.5 Å². The summed E-state index contributed by atoms with van der Waals surface area (Å²) in [6.07, 6.45) is 9.34. The standard InChI is InChI=1S/C21H25N3O3/c22-15-8-5-13(6-9-15)4-7-14-2-1-3-16-17(14)12-24(21(16)27)18-10-11-19(25)23-20(18)26/h1-4,7,13,15,18H,5-6,8-12,22H2,(H,23,25,26)/b7-4-/t13-,15-,18?. The van der Waals surface area contributed by atoms with Crippen LogP contribution in [0.5, 0.6) is 0 Å². The van der Waals surface area contributed by atoms with Gasteiger partial charge in [0.15, 0.2) is 0 Å². The number of nitrogens with zero attached hydrogens (tertiary/aromatic N) is 1. The molecular weight excluding hydrogens is 342 g/mol. The molecule has 6 nitrogen and oxygen atoms in total. The molecule has 1 saturated carbocycles. The Kier molecular flexibility index (Phi) is 4.83. The first-order valence-corrected chi connectivity index (χ1v) is 9.73. The lowest BCUT2D eigenvalue weighted by Crippen LogP contribution is -2.52. The van der Waals surface area contributed by atoms with Crippen molar-refractivity contribution in [3.63, 3.8) is 0 Å². The minimum Gasteiger partial charge on any atom is -0.328 e. The van der Waals surface area contributed by atoms with Crippen molar-refractivity contribution in [2.24, 2.45) is 11.7 Å². The van der Waals surface area contributed by atoms with E-state index < -0.39 is 6.04 Å². The van der Waals surface area contributed by atoms with Crippen LogP contribution in [0.1, 0.15) is 60.0 Å². The Bertz CT molecular complexity index is 809. The van der Waals surface area contributed by atoms with Crippen LogP contribution in [-0.4, -0.2) is 34.7 Å². The summed E-state index contributed by atoms with van der Waals surface area (Å²) in [7, 11) is 0. The molecule has 3 aliphatic rings. The third kappa shape index (κ3) is 3.54. The fourth-order valence-electron chi connectivity index (χ4n) is 4.34. The molecule has 2 heterocycles. The number of amides is 3. The number of hydrogen-bond acceptors (Lipinski definition) is 4. The van der Waals surface area contributed by atoms with Crippen molar-refractivity contribution in [3.8, 4) is 0 Å². The van der Waals surface area contributed by atoms with Gasteiger partial charge in [0.2, 0.25) is 11.8 Å². The molecule has 0 radical (unpaired) electrons. The summed E-state index contributed by atoms with van der Waals surface area (Å²) in [6.45, 7) is 0.413. The minimum absolute atomic E-state index is 0.126. The van der Waals surface area contributed by atoms with Crippen LogP contribution in [0.15, 0.2) is 24.3 Å². The monoisotopic (exact) mass is 367 g/mol. The van der Waals surface area contributed by atoms with Crippen molar-refractivity contribution >= 4 is 23.8 Å². The highest BCUT2D eigenvalue weighted by atomic mass is 16.2. The number of imide groups is 1. The van der Waals surface area contributed by atoms with Crippen molar-refractivity contribution < 1.29 is 14.4 Å². The first-order chi connectivity index (χ1) is 13.0. The van der Waals surface area contributed by atoms with Gasteiger partial charge in [-0.2, -0.15) is 0 Å². The molecule has 3 amide bonds. The number of piperidine rings is 1. The maximum absolute atomic E-state index is 12.8. The number of nitrogens with one attached hydrogen (secondary N) is 1. The van der Waals surface area contributed by atoms with Crippen LogP contribution in [0.3, 0.4) is 0 Å². The van der Waals surface area contributed by atoms with Gasteiger partial charge in [0.25, 0.3) is 5.91 Å². The Hall–Kier alpha value is -2.47. The Labute approximate surface area is 158 Å². The van der Waals surface area contributed by atoms with Gasteiger partial charge in [-0.05, 0) is 55.2 Å². The number of benzene rings is 1. The van der Waals surface area contributed by atoms with Gasteiger partial charge in [0.1, 0.15) is 6.04 Å². The lowest BCUT2D eigenvalue weighted by atomic mass is 9.86. The summed E-state index contributed by atoms with van der Waals surface area (Å²) < 4.78 is 0. The fraction of sp³-hybridized carbons (Fsp3) is 0.476. The van der Waals surface area contributed by atoms with Gasteiger partial charge in [-0.15, -0.1) is 0 Å². The smallest absolute Gasteiger partial charge is 0.255 e. The van der Waals surface area contributed by atoms with Crippen molar-refractivity contribution in [3.05, 3.63) is 41.0 Å². The van der Waals surface area contributed by atoms with Gasteiger partial charge in [0.05, 0.1) is 0 Å². The van der Waals surface area contributed by atoms with Gasteiger partial charge in [0, 0.05) is 24.6 Å². The second kappa shape index (κ2) is 7.27. The largest absolute Gasteiger partial charge is 0.328 e. The normalized spacial score (nSPS) is 28.6. The summed E-state index contributed by atoms with van der Waals surface area (Å²) in [5.74, 6) is -0.235. The van der Waals surface area contributed by atoms with Gasteiger partial charge in [-0.3, -0.25) is 19.7 Å². The zero-order valence-corrected chi connectivity index (χ0v) is 15.3. The maximum atomic E-state index is 12.8. The molecule has 1 unspecified atom stereocenters. The molecule has 0 aromatic heterocycles. The van der Waals surface area contributed by atoms with Crippen molar-refractivity contribution in [1.29, 1.82) is 0 Å². The Morgan fingerprint density at radius 1 is 1.07 bits per heavy atom. The molecule has 2 aliphatic heterocycles. The van der Waals surface area contributed by atoms with E-state index >= 15 is 0 Å². The average Bonchev–Trinajstić information content (AvgIpc) is 2.99. The summed E-state index contributed by atoms with van der Waals surface area (Å²) in [4.78, 5) is 38.0. The fourth-order valence-corrected chi connectivity index (χ4v) is 4.34. The average molecular weight is 367 g/mol. The van der Waals surface area contributed by atoms with Gasteiger partial charge < -0.3 is 10.6 Å². The second-order valence-corrected chi connectivity index (χ2v) is 7.81. The third-order valence-electron chi connectivity index (χ3n) is 5.98. The van der Waals surface area contributed by atoms with Crippen molar-refractivity contribution in [2.75, 3.05) is 0 Å². The molecule has 1 aliphatic carbocycles. The maximum Gasteiger partial charge on any atom is 0.255 e. The number of fused-ring (bicyclic) bond motifs is 1. The van der Waals surface area contributed by atoms with Gasteiger partial charge >= 0.3 is 0 Å². The molecule has 1 aromatic carbocycles. The highest BCUT2D eigenvalue weighted by molar-refractivity contribution is 6.05. The highest BCUT2D eigenvalue weighted by Crippen LogP contribution is 2.31. The molecule has 3 N–H and O–H groups in total. The molecule has 6 heteroatoms. The van der Waals surface area contributed by atoms with Crippen LogP contribution in [0.25, 0.3) is 6.08 Å². The van der Waals surface area contributed by atoms with E-state index in [9.17, 15) is 14.4 Å². The van der Waals surface area contributed by atoms with Crippen LogP contribution in [-0.2, 0) is 16.1 Å². The van der Waals surface area contributed by atoms with Crippen LogP contribution in [0, 0.1) is 5.92 Å². The van der Waals surface area contributed by atoms with Crippen molar-refractivity contribution in [1.82, 2.24) is 10.2 Å². The summed E-state index contributed by atoms with van der Waals surface area (Å²) in [6, 6.07) is 5.49. The molecule has 1 aromatic rings. The molecule has 1 saturated heterocycles. The number of carbonyl (C=O) groups excluding carboxylic acids is 3. The van der Waals surface area contributed by atoms with Gasteiger partial charge in [-0.1, -0.05) is 24.3 Å². The second-order valence-electron chi connectivity index (χ2n) is 7.81. The molecule has 0 bridgehead atoms. The molecular formula is C21H25N3O3. The predicted octanol–water partition coefficient (Wildman–Crippen LogP) is 1.98. The molecule has 0 spiro atoms. The number of allylic oxidation sites excluding steroid dienone is 1. The predicted molar refractivity (Wildman–Crippen MR) is 101 cm³/mol. The van der Waals surface area contributed by atoms with Crippen LogP contribution in [0.2, 0.25) is 0 Å². The van der Waals surface area contributed by atoms with Crippen LogP contribution < -0.4 is 11.1 Å². The molecule has 27 heavy (non-hydrogen) atoms. The lowest BCUT2D eigenvalue weighted by Gasteiger charge is -2.29.